The number of aliphatic hydroxyl groups excluding tert-OH is 1. The fraction of sp³-hybridized carbons (Fsp3) is 0.333. The van der Waals surface area contributed by atoms with Crippen molar-refractivity contribution in [2.45, 2.75) is 12.0 Å². The SMILES string of the molecule is OC1C=CC=C(Br)C1(O)F. The maximum atomic E-state index is 12.8. The average Bonchev–Trinajstić information content (AvgIpc) is 1.84. The van der Waals surface area contributed by atoms with E-state index in [0.29, 0.717) is 0 Å². The molecular formula is C6H6BrFO2. The molecule has 1 rings (SSSR count). The van der Waals surface area contributed by atoms with Crippen molar-refractivity contribution in [3.8, 4) is 0 Å². The van der Waals surface area contributed by atoms with Gasteiger partial charge in [0.05, 0.1) is 4.48 Å². The molecule has 0 amide bonds. The molecule has 0 bridgehead atoms. The number of rotatable bonds is 0. The summed E-state index contributed by atoms with van der Waals surface area (Å²) in [6.45, 7) is 0. The monoisotopic (exact) mass is 208 g/mol. The molecule has 0 saturated heterocycles. The molecule has 10 heavy (non-hydrogen) atoms. The summed E-state index contributed by atoms with van der Waals surface area (Å²) in [7, 11) is 0. The lowest BCUT2D eigenvalue weighted by Crippen LogP contribution is -2.37. The van der Waals surface area contributed by atoms with E-state index in [1.807, 2.05) is 0 Å². The van der Waals surface area contributed by atoms with Gasteiger partial charge in [-0.25, -0.2) is 4.39 Å². The Morgan fingerprint density at radius 2 is 2.30 bits per heavy atom. The van der Waals surface area contributed by atoms with Crippen molar-refractivity contribution in [3.05, 3.63) is 22.7 Å². The van der Waals surface area contributed by atoms with Crippen LogP contribution < -0.4 is 0 Å². The summed E-state index contributed by atoms with van der Waals surface area (Å²) >= 11 is 2.78. The topological polar surface area (TPSA) is 40.5 Å². The zero-order valence-corrected chi connectivity index (χ0v) is 6.55. The van der Waals surface area contributed by atoms with Gasteiger partial charge in [0, 0.05) is 0 Å². The highest BCUT2D eigenvalue weighted by Crippen LogP contribution is 2.31. The molecule has 0 saturated carbocycles. The van der Waals surface area contributed by atoms with E-state index in [2.05, 4.69) is 15.9 Å². The van der Waals surface area contributed by atoms with Gasteiger partial charge >= 0.3 is 0 Å². The van der Waals surface area contributed by atoms with E-state index in [-0.39, 0.29) is 4.48 Å². The Labute approximate surface area is 65.8 Å². The van der Waals surface area contributed by atoms with Crippen molar-refractivity contribution in [2.75, 3.05) is 0 Å². The van der Waals surface area contributed by atoms with E-state index in [9.17, 15) is 4.39 Å². The van der Waals surface area contributed by atoms with Crippen LogP contribution in [0.3, 0.4) is 0 Å². The summed E-state index contributed by atoms with van der Waals surface area (Å²) in [6.07, 6.45) is 2.49. The van der Waals surface area contributed by atoms with Crippen LogP contribution in [0.15, 0.2) is 22.7 Å². The summed E-state index contributed by atoms with van der Waals surface area (Å²) in [5, 5.41) is 17.7. The zero-order chi connectivity index (χ0) is 7.78. The predicted octanol–water partition coefficient (Wildman–Crippen LogP) is 0.854. The van der Waals surface area contributed by atoms with Crippen LogP contribution in [0.2, 0.25) is 0 Å². The van der Waals surface area contributed by atoms with Crippen LogP contribution in [-0.4, -0.2) is 22.2 Å². The van der Waals surface area contributed by atoms with Crippen molar-refractivity contribution < 1.29 is 14.6 Å². The summed E-state index contributed by atoms with van der Waals surface area (Å²) < 4.78 is 12.7. The maximum absolute atomic E-state index is 12.8. The molecule has 4 heteroatoms. The van der Waals surface area contributed by atoms with Crippen molar-refractivity contribution in [3.63, 3.8) is 0 Å². The fourth-order valence-corrected chi connectivity index (χ4v) is 1.02. The number of hydrogen-bond acceptors (Lipinski definition) is 2. The van der Waals surface area contributed by atoms with Crippen LogP contribution in [0.1, 0.15) is 0 Å². The number of allylic oxidation sites excluding steroid dienone is 2. The van der Waals surface area contributed by atoms with Gasteiger partial charge < -0.3 is 10.2 Å². The van der Waals surface area contributed by atoms with Crippen LogP contribution in [-0.2, 0) is 0 Å². The third-order valence-corrected chi connectivity index (χ3v) is 2.08. The zero-order valence-electron chi connectivity index (χ0n) is 4.96. The van der Waals surface area contributed by atoms with E-state index in [1.165, 1.54) is 18.2 Å². The van der Waals surface area contributed by atoms with Crippen molar-refractivity contribution in [1.29, 1.82) is 0 Å². The van der Waals surface area contributed by atoms with Crippen molar-refractivity contribution >= 4 is 15.9 Å². The van der Waals surface area contributed by atoms with E-state index in [1.54, 1.807) is 0 Å². The van der Waals surface area contributed by atoms with Crippen LogP contribution in [0.5, 0.6) is 0 Å². The third-order valence-electron chi connectivity index (χ3n) is 1.26. The highest BCUT2D eigenvalue weighted by atomic mass is 79.9. The molecule has 0 radical (unpaired) electrons. The largest absolute Gasteiger partial charge is 0.383 e. The molecule has 1 aliphatic carbocycles. The van der Waals surface area contributed by atoms with Gasteiger partial charge in [-0.3, -0.25) is 0 Å². The maximum Gasteiger partial charge on any atom is 0.269 e. The van der Waals surface area contributed by atoms with Gasteiger partial charge in [-0.2, -0.15) is 0 Å². The summed E-state index contributed by atoms with van der Waals surface area (Å²) in [5.74, 6) is -2.66. The molecular weight excluding hydrogens is 203 g/mol. The van der Waals surface area contributed by atoms with Crippen molar-refractivity contribution in [1.82, 2.24) is 0 Å². The van der Waals surface area contributed by atoms with Gasteiger partial charge in [0.15, 0.2) is 0 Å². The average molecular weight is 209 g/mol. The van der Waals surface area contributed by atoms with Crippen LogP contribution in [0, 0.1) is 0 Å². The Hall–Kier alpha value is -0.190. The molecule has 0 aromatic carbocycles. The normalized spacial score (nSPS) is 39.6. The lowest BCUT2D eigenvalue weighted by Gasteiger charge is -2.24. The van der Waals surface area contributed by atoms with Gasteiger partial charge in [-0.05, 0) is 22.0 Å². The molecule has 2 atom stereocenters. The summed E-state index contributed by atoms with van der Waals surface area (Å²) in [4.78, 5) is 0. The highest BCUT2D eigenvalue weighted by molar-refractivity contribution is 9.11. The summed E-state index contributed by atoms with van der Waals surface area (Å²) in [6, 6.07) is 0. The Morgan fingerprint density at radius 3 is 2.70 bits per heavy atom. The molecule has 56 valence electrons. The number of alkyl halides is 1. The van der Waals surface area contributed by atoms with Crippen LogP contribution in [0.4, 0.5) is 4.39 Å². The highest BCUT2D eigenvalue weighted by Gasteiger charge is 2.38. The Balaban J connectivity index is 2.93. The minimum absolute atomic E-state index is 0.0602. The second kappa shape index (κ2) is 2.45. The van der Waals surface area contributed by atoms with Crippen LogP contribution in [0.25, 0.3) is 0 Å². The first-order valence-electron chi connectivity index (χ1n) is 2.69. The number of hydrogen-bond donors (Lipinski definition) is 2. The molecule has 2 N–H and O–H groups in total. The lowest BCUT2D eigenvalue weighted by molar-refractivity contribution is -0.116. The van der Waals surface area contributed by atoms with Gasteiger partial charge in [0.25, 0.3) is 5.85 Å². The third kappa shape index (κ3) is 1.14. The number of aliphatic hydroxyl groups is 2. The molecule has 2 unspecified atom stereocenters. The second-order valence-electron chi connectivity index (χ2n) is 2.02. The molecule has 0 fully saturated rings. The summed E-state index contributed by atoms with van der Waals surface area (Å²) in [5.41, 5.74) is 0. The molecule has 2 nitrogen and oxygen atoms in total. The van der Waals surface area contributed by atoms with E-state index in [4.69, 9.17) is 10.2 Å². The number of halogens is 2. The Bertz CT molecular complexity index is 198. The Morgan fingerprint density at radius 1 is 1.70 bits per heavy atom. The van der Waals surface area contributed by atoms with E-state index in [0.717, 1.165) is 0 Å². The minimum atomic E-state index is -2.66. The molecule has 0 spiro atoms. The van der Waals surface area contributed by atoms with E-state index < -0.39 is 12.0 Å². The predicted molar refractivity (Wildman–Crippen MR) is 38.2 cm³/mol. The van der Waals surface area contributed by atoms with Gasteiger partial charge in [-0.1, -0.05) is 12.2 Å². The van der Waals surface area contributed by atoms with Gasteiger partial charge in [-0.15, -0.1) is 0 Å². The molecule has 0 aromatic rings. The second-order valence-corrected chi connectivity index (χ2v) is 2.87. The standard InChI is InChI=1S/C6H6BrFO2/c7-4-2-1-3-5(9)6(4,8)10/h1-3,5,9-10H. The first-order chi connectivity index (χ1) is 4.55. The van der Waals surface area contributed by atoms with Gasteiger partial charge in [0.1, 0.15) is 6.10 Å². The quantitative estimate of drug-likeness (QED) is 0.620. The smallest absolute Gasteiger partial charge is 0.269 e. The molecule has 0 aromatic heterocycles. The lowest BCUT2D eigenvalue weighted by atomic mass is 10.1. The first kappa shape index (κ1) is 7.91. The van der Waals surface area contributed by atoms with Crippen molar-refractivity contribution in [2.24, 2.45) is 0 Å². The van der Waals surface area contributed by atoms with E-state index >= 15 is 0 Å². The molecule has 1 aliphatic rings. The van der Waals surface area contributed by atoms with Crippen LogP contribution >= 0.6 is 15.9 Å². The minimum Gasteiger partial charge on any atom is -0.383 e. The molecule has 0 aliphatic heterocycles. The fourth-order valence-electron chi connectivity index (χ4n) is 0.631. The Kier molecular flexibility index (Phi) is 1.94. The molecule has 0 heterocycles. The van der Waals surface area contributed by atoms with Gasteiger partial charge in [0.2, 0.25) is 0 Å². The first-order valence-corrected chi connectivity index (χ1v) is 3.48.